The molecule has 4 rings (SSSR count). The summed E-state index contributed by atoms with van der Waals surface area (Å²) in [6, 6.07) is 12.9. The Labute approximate surface area is 183 Å². The number of amides is 1. The molecule has 0 aliphatic carbocycles. The van der Waals surface area contributed by atoms with E-state index in [-0.39, 0.29) is 23.3 Å². The highest BCUT2D eigenvalue weighted by atomic mass is 16.3. The SMILES string of the molecule is CN(C)CC(=O)NC[C@H]1[C@H]2C[C@H](CN(CCc3ccc(O)cc3)C2)c2cccc(=O)n21. The first kappa shape index (κ1) is 21.6. The van der Waals surface area contributed by atoms with Gasteiger partial charge in [-0.05, 0) is 56.6 Å². The molecule has 7 nitrogen and oxygen atoms in total. The van der Waals surface area contributed by atoms with Gasteiger partial charge in [0.2, 0.25) is 5.91 Å². The van der Waals surface area contributed by atoms with Crippen molar-refractivity contribution in [1.82, 2.24) is 19.7 Å². The Morgan fingerprint density at radius 2 is 1.94 bits per heavy atom. The zero-order valence-corrected chi connectivity index (χ0v) is 18.3. The van der Waals surface area contributed by atoms with E-state index in [2.05, 4.69) is 16.3 Å². The lowest BCUT2D eigenvalue weighted by Gasteiger charge is -2.47. The predicted octanol–water partition coefficient (Wildman–Crippen LogP) is 1.43. The predicted molar refractivity (Wildman–Crippen MR) is 120 cm³/mol. The van der Waals surface area contributed by atoms with Gasteiger partial charge in [0.15, 0.2) is 0 Å². The Morgan fingerprint density at radius 1 is 1.16 bits per heavy atom. The number of nitrogens with one attached hydrogen (secondary N) is 1. The highest BCUT2D eigenvalue weighted by Crippen LogP contribution is 2.40. The van der Waals surface area contributed by atoms with Crippen LogP contribution in [0.4, 0.5) is 0 Å². The van der Waals surface area contributed by atoms with Gasteiger partial charge in [-0.15, -0.1) is 0 Å². The van der Waals surface area contributed by atoms with E-state index in [1.165, 1.54) is 5.56 Å². The minimum atomic E-state index is -0.0254. The second kappa shape index (κ2) is 9.24. The van der Waals surface area contributed by atoms with Gasteiger partial charge in [0.1, 0.15) is 5.75 Å². The van der Waals surface area contributed by atoms with Crippen LogP contribution in [0, 0.1) is 5.92 Å². The molecule has 3 heterocycles. The van der Waals surface area contributed by atoms with Gasteiger partial charge >= 0.3 is 0 Å². The van der Waals surface area contributed by atoms with Crippen molar-refractivity contribution in [3.05, 3.63) is 64.1 Å². The molecule has 1 amide bonds. The van der Waals surface area contributed by atoms with E-state index >= 15 is 0 Å². The molecule has 2 aliphatic heterocycles. The summed E-state index contributed by atoms with van der Waals surface area (Å²) in [5.74, 6) is 0.933. The lowest BCUT2D eigenvalue weighted by molar-refractivity contribution is -0.122. The van der Waals surface area contributed by atoms with Crippen molar-refractivity contribution >= 4 is 5.91 Å². The number of pyridine rings is 1. The topological polar surface area (TPSA) is 77.8 Å². The van der Waals surface area contributed by atoms with Crippen molar-refractivity contribution in [3.8, 4) is 5.75 Å². The largest absolute Gasteiger partial charge is 0.508 e. The van der Waals surface area contributed by atoms with Crippen LogP contribution in [0.5, 0.6) is 5.75 Å². The van der Waals surface area contributed by atoms with Crippen molar-refractivity contribution in [3.63, 3.8) is 0 Å². The van der Waals surface area contributed by atoms with E-state index in [0.717, 1.165) is 38.2 Å². The number of phenolic OH excluding ortho intramolecular Hbond substituents is 1. The Morgan fingerprint density at radius 3 is 2.68 bits per heavy atom. The first-order valence-corrected chi connectivity index (χ1v) is 11.0. The summed E-state index contributed by atoms with van der Waals surface area (Å²) in [4.78, 5) is 29.3. The second-order valence-corrected chi connectivity index (χ2v) is 9.14. The molecule has 0 radical (unpaired) electrons. The first-order chi connectivity index (χ1) is 14.9. The number of phenols is 1. The van der Waals surface area contributed by atoms with Gasteiger partial charge < -0.3 is 24.8 Å². The fourth-order valence-corrected chi connectivity index (χ4v) is 5.09. The van der Waals surface area contributed by atoms with E-state index in [4.69, 9.17) is 0 Å². The molecule has 0 saturated carbocycles. The van der Waals surface area contributed by atoms with Gasteiger partial charge in [-0.1, -0.05) is 18.2 Å². The van der Waals surface area contributed by atoms with Crippen LogP contribution in [0.1, 0.15) is 29.6 Å². The molecule has 2 bridgehead atoms. The van der Waals surface area contributed by atoms with Gasteiger partial charge in [-0.2, -0.15) is 0 Å². The quantitative estimate of drug-likeness (QED) is 0.703. The van der Waals surface area contributed by atoms with Crippen molar-refractivity contribution in [2.75, 3.05) is 46.8 Å². The van der Waals surface area contributed by atoms with E-state index in [1.807, 2.05) is 41.8 Å². The number of hydrogen-bond donors (Lipinski definition) is 2. The number of nitrogens with zero attached hydrogens (tertiary/aromatic N) is 3. The normalized spacial score (nSPS) is 22.9. The number of carbonyl (C=O) groups excluding carboxylic acids is 1. The third kappa shape index (κ3) is 4.99. The molecule has 2 N–H and O–H groups in total. The highest BCUT2D eigenvalue weighted by Gasteiger charge is 2.40. The molecule has 1 saturated heterocycles. The zero-order valence-electron chi connectivity index (χ0n) is 18.3. The molecule has 31 heavy (non-hydrogen) atoms. The maximum atomic E-state index is 12.8. The Bertz CT molecular complexity index is 970. The van der Waals surface area contributed by atoms with Crippen LogP contribution in [0.2, 0.25) is 0 Å². The number of likely N-dealkylation sites (tertiary alicyclic amines) is 1. The number of likely N-dealkylation sites (N-methyl/N-ethyl adjacent to an activating group) is 1. The van der Waals surface area contributed by atoms with Gasteiger partial charge in [-0.25, -0.2) is 0 Å². The van der Waals surface area contributed by atoms with E-state index in [0.29, 0.717) is 24.9 Å². The number of rotatable bonds is 7. The van der Waals surface area contributed by atoms with E-state index in [1.54, 1.807) is 18.2 Å². The van der Waals surface area contributed by atoms with Crippen molar-refractivity contribution < 1.29 is 9.90 Å². The number of carbonyl (C=O) groups is 1. The number of fused-ring (bicyclic) bond motifs is 4. The minimum absolute atomic E-state index is 0.0161. The third-order valence-electron chi connectivity index (χ3n) is 6.50. The van der Waals surface area contributed by atoms with Gasteiger partial charge in [0.25, 0.3) is 5.56 Å². The Kier molecular flexibility index (Phi) is 6.43. The number of aromatic nitrogens is 1. The van der Waals surface area contributed by atoms with Gasteiger partial charge in [0, 0.05) is 43.9 Å². The molecule has 1 aromatic heterocycles. The molecule has 2 aromatic rings. The van der Waals surface area contributed by atoms with Crippen LogP contribution in [0.25, 0.3) is 0 Å². The van der Waals surface area contributed by atoms with Crippen LogP contribution < -0.4 is 10.9 Å². The monoisotopic (exact) mass is 424 g/mol. The zero-order chi connectivity index (χ0) is 22.0. The van der Waals surface area contributed by atoms with Crippen LogP contribution in [-0.2, 0) is 11.2 Å². The van der Waals surface area contributed by atoms with Crippen LogP contribution in [0.15, 0.2) is 47.3 Å². The van der Waals surface area contributed by atoms with Crippen LogP contribution in [-0.4, -0.2) is 72.2 Å². The summed E-state index contributed by atoms with van der Waals surface area (Å²) >= 11 is 0. The fraction of sp³-hybridized carbons (Fsp3) is 0.500. The van der Waals surface area contributed by atoms with Gasteiger partial charge in [0.05, 0.1) is 12.6 Å². The van der Waals surface area contributed by atoms with E-state index in [9.17, 15) is 14.7 Å². The molecule has 2 aliphatic rings. The third-order valence-corrected chi connectivity index (χ3v) is 6.50. The number of piperidine rings is 1. The van der Waals surface area contributed by atoms with E-state index < -0.39 is 0 Å². The highest BCUT2D eigenvalue weighted by molar-refractivity contribution is 5.77. The summed E-state index contributed by atoms with van der Waals surface area (Å²) in [7, 11) is 3.75. The summed E-state index contributed by atoms with van der Waals surface area (Å²) in [6.45, 7) is 3.62. The van der Waals surface area contributed by atoms with Crippen molar-refractivity contribution in [2.24, 2.45) is 5.92 Å². The summed E-state index contributed by atoms with van der Waals surface area (Å²) in [5, 5.41) is 12.5. The fourth-order valence-electron chi connectivity index (χ4n) is 5.09. The molecule has 0 spiro atoms. The summed E-state index contributed by atoms with van der Waals surface area (Å²) < 4.78 is 1.94. The molecular formula is C24H32N4O3. The van der Waals surface area contributed by atoms with Crippen molar-refractivity contribution in [2.45, 2.75) is 24.8 Å². The molecule has 1 aromatic carbocycles. The minimum Gasteiger partial charge on any atom is -0.508 e. The lowest BCUT2D eigenvalue weighted by atomic mass is 9.78. The maximum absolute atomic E-state index is 12.8. The van der Waals surface area contributed by atoms with Crippen LogP contribution in [0.3, 0.4) is 0 Å². The average molecular weight is 425 g/mol. The molecule has 3 atom stereocenters. The lowest BCUT2D eigenvalue weighted by Crippen LogP contribution is -2.52. The molecule has 1 fully saturated rings. The summed E-state index contributed by atoms with van der Waals surface area (Å²) in [5.41, 5.74) is 2.32. The van der Waals surface area contributed by atoms with Gasteiger partial charge in [-0.3, -0.25) is 9.59 Å². The maximum Gasteiger partial charge on any atom is 0.251 e. The summed E-state index contributed by atoms with van der Waals surface area (Å²) in [6.07, 6.45) is 1.97. The molecule has 7 heteroatoms. The number of aromatic hydroxyl groups is 1. The molecule has 0 unspecified atom stereocenters. The number of hydrogen-bond acceptors (Lipinski definition) is 5. The van der Waals surface area contributed by atoms with Crippen molar-refractivity contribution in [1.29, 1.82) is 0 Å². The Balaban J connectivity index is 1.50. The first-order valence-electron chi connectivity index (χ1n) is 11.0. The van der Waals surface area contributed by atoms with Crippen LogP contribution >= 0.6 is 0 Å². The second-order valence-electron chi connectivity index (χ2n) is 9.14. The molecule has 166 valence electrons. The average Bonchev–Trinajstić information content (AvgIpc) is 2.73. The standard InChI is InChI=1S/C24H32N4O3/c1-26(2)16-23(30)25-13-22-19-12-18(21-4-3-5-24(31)28(21)22)14-27(15-19)11-10-17-6-8-20(29)9-7-17/h3-9,18-19,22,29H,10-16H2,1-2H3,(H,25,30)/t18-,19+,22+/m1/s1. The number of benzene rings is 1. The smallest absolute Gasteiger partial charge is 0.251 e. The molecular weight excluding hydrogens is 392 g/mol. The Hall–Kier alpha value is -2.64.